The number of carbonyl (C=O) groups is 2. The van der Waals surface area contributed by atoms with E-state index in [0.717, 1.165) is 26.1 Å². The zero-order chi connectivity index (χ0) is 13.1. The first-order valence-corrected chi connectivity index (χ1v) is 6.65. The molecule has 3 N–H and O–H groups in total. The second kappa shape index (κ2) is 5.56. The quantitative estimate of drug-likeness (QED) is 0.668. The van der Waals surface area contributed by atoms with Crippen LogP contribution in [0.4, 0.5) is 4.79 Å². The standard InChI is InChI=1S/C12H22N4O2/c1-9-3-2-5-15(8-9)12(18)16-6-4-14-7-10(16)11(13)17/h9-10,14H,2-8H2,1H3,(H2,13,17). The molecule has 0 bridgehead atoms. The van der Waals surface area contributed by atoms with Crippen molar-refractivity contribution < 1.29 is 9.59 Å². The van der Waals surface area contributed by atoms with Crippen LogP contribution in [-0.4, -0.2) is 60.5 Å². The van der Waals surface area contributed by atoms with Crippen LogP contribution in [0.3, 0.4) is 0 Å². The Labute approximate surface area is 107 Å². The topological polar surface area (TPSA) is 78.7 Å². The number of nitrogens with one attached hydrogen (secondary N) is 1. The van der Waals surface area contributed by atoms with Gasteiger partial charge in [-0.2, -0.15) is 0 Å². The van der Waals surface area contributed by atoms with Gasteiger partial charge < -0.3 is 20.9 Å². The number of primary amides is 1. The Morgan fingerprint density at radius 2 is 2.11 bits per heavy atom. The molecule has 0 aromatic rings. The van der Waals surface area contributed by atoms with Crippen LogP contribution in [0.2, 0.25) is 0 Å². The van der Waals surface area contributed by atoms with Crippen molar-refractivity contribution in [3.63, 3.8) is 0 Å². The fourth-order valence-corrected chi connectivity index (χ4v) is 2.73. The van der Waals surface area contributed by atoms with Crippen LogP contribution in [0.5, 0.6) is 0 Å². The van der Waals surface area contributed by atoms with Gasteiger partial charge in [-0.1, -0.05) is 6.92 Å². The number of piperidine rings is 1. The predicted octanol–water partition coefficient (Wildman–Crippen LogP) is -0.403. The summed E-state index contributed by atoms with van der Waals surface area (Å²) in [5.41, 5.74) is 5.36. The Hall–Kier alpha value is -1.30. The van der Waals surface area contributed by atoms with Crippen molar-refractivity contribution in [2.45, 2.75) is 25.8 Å². The summed E-state index contributed by atoms with van der Waals surface area (Å²) in [6.45, 7) is 5.47. The molecule has 2 heterocycles. The van der Waals surface area contributed by atoms with Gasteiger partial charge in [0.2, 0.25) is 5.91 Å². The molecule has 0 radical (unpaired) electrons. The lowest BCUT2D eigenvalue weighted by atomic mass is 10.0. The number of nitrogens with two attached hydrogens (primary N) is 1. The first-order valence-electron chi connectivity index (χ1n) is 6.65. The molecule has 18 heavy (non-hydrogen) atoms. The van der Waals surface area contributed by atoms with E-state index in [4.69, 9.17) is 5.73 Å². The number of piperazine rings is 1. The van der Waals surface area contributed by atoms with Crippen molar-refractivity contribution in [3.05, 3.63) is 0 Å². The molecular weight excluding hydrogens is 232 g/mol. The highest BCUT2D eigenvalue weighted by atomic mass is 16.2. The Morgan fingerprint density at radius 1 is 1.33 bits per heavy atom. The third kappa shape index (κ3) is 2.75. The zero-order valence-corrected chi connectivity index (χ0v) is 10.9. The lowest BCUT2D eigenvalue weighted by molar-refractivity contribution is -0.123. The molecule has 2 rings (SSSR count). The Kier molecular flexibility index (Phi) is 4.06. The van der Waals surface area contributed by atoms with Gasteiger partial charge in [-0.3, -0.25) is 4.79 Å². The van der Waals surface area contributed by atoms with E-state index in [1.165, 1.54) is 6.42 Å². The second-order valence-electron chi connectivity index (χ2n) is 5.29. The maximum atomic E-state index is 12.4. The summed E-state index contributed by atoms with van der Waals surface area (Å²) in [5.74, 6) is 0.109. The fourth-order valence-electron chi connectivity index (χ4n) is 2.73. The molecule has 0 aromatic carbocycles. The molecule has 102 valence electrons. The van der Waals surface area contributed by atoms with Gasteiger partial charge in [0.25, 0.3) is 0 Å². The van der Waals surface area contributed by atoms with Crippen molar-refractivity contribution in [1.29, 1.82) is 0 Å². The molecule has 0 aromatic heterocycles. The van der Waals surface area contributed by atoms with E-state index in [1.54, 1.807) is 4.90 Å². The van der Waals surface area contributed by atoms with Gasteiger partial charge in [-0.25, -0.2) is 4.79 Å². The molecule has 2 aliphatic heterocycles. The Morgan fingerprint density at radius 3 is 2.78 bits per heavy atom. The summed E-state index contributed by atoms with van der Waals surface area (Å²) in [6, 6.07) is -0.546. The Balaban J connectivity index is 2.03. The van der Waals surface area contributed by atoms with Gasteiger partial charge in [0.05, 0.1) is 0 Å². The molecule has 0 saturated carbocycles. The predicted molar refractivity (Wildman–Crippen MR) is 67.9 cm³/mol. The SMILES string of the molecule is CC1CCCN(C(=O)N2CCNCC2C(N)=O)C1. The molecule has 2 fully saturated rings. The van der Waals surface area contributed by atoms with E-state index in [2.05, 4.69) is 12.2 Å². The number of rotatable bonds is 1. The highest BCUT2D eigenvalue weighted by Crippen LogP contribution is 2.18. The molecule has 2 saturated heterocycles. The van der Waals surface area contributed by atoms with E-state index >= 15 is 0 Å². The maximum absolute atomic E-state index is 12.4. The summed E-state index contributed by atoms with van der Waals surface area (Å²) in [7, 11) is 0. The molecule has 2 unspecified atom stereocenters. The minimum absolute atomic E-state index is 0.0353. The fraction of sp³-hybridized carbons (Fsp3) is 0.833. The maximum Gasteiger partial charge on any atom is 0.320 e. The average molecular weight is 254 g/mol. The molecule has 6 heteroatoms. The van der Waals surface area contributed by atoms with Gasteiger partial charge in [0.1, 0.15) is 6.04 Å². The van der Waals surface area contributed by atoms with Crippen molar-refractivity contribution in [3.8, 4) is 0 Å². The van der Waals surface area contributed by atoms with Crippen LogP contribution < -0.4 is 11.1 Å². The number of hydrogen-bond donors (Lipinski definition) is 2. The first kappa shape index (κ1) is 13.1. The largest absolute Gasteiger partial charge is 0.368 e. The van der Waals surface area contributed by atoms with E-state index in [0.29, 0.717) is 19.0 Å². The number of carbonyl (C=O) groups excluding carboxylic acids is 2. The van der Waals surface area contributed by atoms with E-state index < -0.39 is 11.9 Å². The monoisotopic (exact) mass is 254 g/mol. The van der Waals surface area contributed by atoms with Crippen molar-refractivity contribution in [2.24, 2.45) is 11.7 Å². The lowest BCUT2D eigenvalue weighted by Crippen LogP contribution is -2.62. The van der Waals surface area contributed by atoms with Crippen LogP contribution in [0.1, 0.15) is 19.8 Å². The average Bonchev–Trinajstić information content (AvgIpc) is 2.38. The van der Waals surface area contributed by atoms with Crippen LogP contribution in [0.15, 0.2) is 0 Å². The van der Waals surface area contributed by atoms with Crippen molar-refractivity contribution >= 4 is 11.9 Å². The molecule has 6 nitrogen and oxygen atoms in total. The summed E-state index contributed by atoms with van der Waals surface area (Å²) in [5, 5.41) is 3.10. The normalized spacial score (nSPS) is 29.2. The number of likely N-dealkylation sites (tertiary alicyclic amines) is 1. The van der Waals surface area contributed by atoms with Crippen LogP contribution in [0, 0.1) is 5.92 Å². The first-order chi connectivity index (χ1) is 8.59. The van der Waals surface area contributed by atoms with Gasteiger partial charge in [0, 0.05) is 32.7 Å². The molecule has 3 amide bonds. The minimum Gasteiger partial charge on any atom is -0.368 e. The van der Waals surface area contributed by atoms with Gasteiger partial charge in [-0.15, -0.1) is 0 Å². The smallest absolute Gasteiger partial charge is 0.320 e. The lowest BCUT2D eigenvalue weighted by Gasteiger charge is -2.40. The van der Waals surface area contributed by atoms with Crippen LogP contribution in [-0.2, 0) is 4.79 Å². The highest BCUT2D eigenvalue weighted by molar-refractivity contribution is 5.86. The van der Waals surface area contributed by atoms with Gasteiger partial charge >= 0.3 is 6.03 Å². The molecule has 0 aliphatic carbocycles. The summed E-state index contributed by atoms with van der Waals surface area (Å²) in [4.78, 5) is 27.3. The summed E-state index contributed by atoms with van der Waals surface area (Å²) < 4.78 is 0. The summed E-state index contributed by atoms with van der Waals surface area (Å²) >= 11 is 0. The number of nitrogens with zero attached hydrogens (tertiary/aromatic N) is 2. The molecule has 2 atom stereocenters. The highest BCUT2D eigenvalue weighted by Gasteiger charge is 2.34. The number of hydrogen-bond acceptors (Lipinski definition) is 3. The van der Waals surface area contributed by atoms with Crippen molar-refractivity contribution in [1.82, 2.24) is 15.1 Å². The van der Waals surface area contributed by atoms with E-state index in [-0.39, 0.29) is 6.03 Å². The van der Waals surface area contributed by atoms with Crippen LogP contribution >= 0.6 is 0 Å². The molecule has 0 spiro atoms. The van der Waals surface area contributed by atoms with Crippen LogP contribution in [0.25, 0.3) is 0 Å². The van der Waals surface area contributed by atoms with E-state index in [9.17, 15) is 9.59 Å². The third-order valence-corrected chi connectivity index (χ3v) is 3.75. The number of urea groups is 1. The minimum atomic E-state index is -0.511. The van der Waals surface area contributed by atoms with Gasteiger partial charge in [0.15, 0.2) is 0 Å². The van der Waals surface area contributed by atoms with Gasteiger partial charge in [-0.05, 0) is 18.8 Å². The molecular formula is C12H22N4O2. The molecule has 2 aliphatic rings. The number of amides is 3. The van der Waals surface area contributed by atoms with E-state index in [1.807, 2.05) is 4.90 Å². The summed E-state index contributed by atoms with van der Waals surface area (Å²) in [6.07, 6.45) is 2.21. The Bertz CT molecular complexity index is 334. The van der Waals surface area contributed by atoms with Crippen molar-refractivity contribution in [2.75, 3.05) is 32.7 Å². The third-order valence-electron chi connectivity index (χ3n) is 3.75. The zero-order valence-electron chi connectivity index (χ0n) is 10.9. The second-order valence-corrected chi connectivity index (χ2v) is 5.29.